The molecule has 1 heterocycles. The number of rotatable bonds is 7. The molecule has 0 radical (unpaired) electrons. The van der Waals surface area contributed by atoms with Crippen molar-refractivity contribution in [3.8, 4) is 0 Å². The topological polar surface area (TPSA) is 82.5 Å². The second-order valence-corrected chi connectivity index (χ2v) is 9.36. The van der Waals surface area contributed by atoms with Gasteiger partial charge in [0.1, 0.15) is 5.82 Å². The smallest absolute Gasteiger partial charge is 0.266 e. The Morgan fingerprint density at radius 1 is 1.00 bits per heavy atom. The Morgan fingerprint density at radius 3 is 2.41 bits per heavy atom. The molecule has 174 valence electrons. The van der Waals surface area contributed by atoms with E-state index in [1.165, 1.54) is 16.4 Å². The van der Waals surface area contributed by atoms with Gasteiger partial charge in [-0.2, -0.15) is 0 Å². The SMILES string of the molecule is CC(C)(Cc1ccc(F)cc1)NC(=O)c1ccccc1N(c1cccc2cccnc12)S(=O)O. The van der Waals surface area contributed by atoms with Crippen LogP contribution in [-0.2, 0) is 17.7 Å². The summed E-state index contributed by atoms with van der Waals surface area (Å²) < 4.78 is 37.2. The number of carbonyl (C=O) groups excluding carboxylic acids is 1. The lowest BCUT2D eigenvalue weighted by Gasteiger charge is -2.28. The van der Waals surface area contributed by atoms with Gasteiger partial charge in [-0.25, -0.2) is 12.9 Å². The zero-order chi connectivity index (χ0) is 24.3. The van der Waals surface area contributed by atoms with Crippen molar-refractivity contribution in [1.29, 1.82) is 0 Å². The Labute approximate surface area is 199 Å². The van der Waals surface area contributed by atoms with Crippen molar-refractivity contribution in [2.45, 2.75) is 25.8 Å². The molecular formula is C26H24FN3O3S. The number of hydrogen-bond donors (Lipinski definition) is 2. The summed E-state index contributed by atoms with van der Waals surface area (Å²) in [6, 6.07) is 21.7. The molecule has 3 aromatic carbocycles. The third-order valence-electron chi connectivity index (χ3n) is 5.37. The van der Waals surface area contributed by atoms with E-state index in [9.17, 15) is 17.9 Å². The number of fused-ring (bicyclic) bond motifs is 1. The molecule has 1 amide bonds. The second-order valence-electron chi connectivity index (χ2n) is 8.54. The minimum atomic E-state index is -2.47. The fourth-order valence-corrected chi connectivity index (χ4v) is 4.57. The lowest BCUT2D eigenvalue weighted by Crippen LogP contribution is -2.45. The highest BCUT2D eigenvalue weighted by molar-refractivity contribution is 7.81. The third kappa shape index (κ3) is 5.13. The van der Waals surface area contributed by atoms with Gasteiger partial charge in [0, 0.05) is 17.1 Å². The minimum absolute atomic E-state index is 0.241. The summed E-state index contributed by atoms with van der Waals surface area (Å²) in [5.74, 6) is -0.717. The fraction of sp³-hybridized carbons (Fsp3) is 0.154. The van der Waals surface area contributed by atoms with Crippen LogP contribution >= 0.6 is 0 Å². The van der Waals surface area contributed by atoms with E-state index in [1.807, 2.05) is 26.0 Å². The molecule has 0 aliphatic heterocycles. The van der Waals surface area contributed by atoms with Crippen LogP contribution in [0.3, 0.4) is 0 Å². The van der Waals surface area contributed by atoms with E-state index in [4.69, 9.17) is 0 Å². The number of nitrogens with one attached hydrogen (secondary N) is 1. The maximum Gasteiger partial charge on any atom is 0.266 e. The van der Waals surface area contributed by atoms with Crippen LogP contribution in [0, 0.1) is 5.82 Å². The highest BCUT2D eigenvalue weighted by Gasteiger charge is 2.27. The quantitative estimate of drug-likeness (QED) is 0.349. The van der Waals surface area contributed by atoms with Gasteiger partial charge in [0.05, 0.1) is 22.5 Å². The number of halogens is 1. The van der Waals surface area contributed by atoms with Crippen molar-refractivity contribution in [3.63, 3.8) is 0 Å². The van der Waals surface area contributed by atoms with Crippen molar-refractivity contribution < 1.29 is 17.9 Å². The number of para-hydroxylation sites is 2. The summed E-state index contributed by atoms with van der Waals surface area (Å²) in [5, 5.41) is 3.81. The van der Waals surface area contributed by atoms with Crippen molar-refractivity contribution in [3.05, 3.63) is 102 Å². The molecule has 4 aromatic rings. The van der Waals surface area contributed by atoms with Crippen molar-refractivity contribution >= 4 is 39.5 Å². The maximum absolute atomic E-state index is 13.4. The molecule has 2 N–H and O–H groups in total. The minimum Gasteiger partial charge on any atom is -0.347 e. The molecule has 34 heavy (non-hydrogen) atoms. The second kappa shape index (κ2) is 9.70. The van der Waals surface area contributed by atoms with Gasteiger partial charge in [0.25, 0.3) is 17.2 Å². The molecule has 0 fully saturated rings. The largest absolute Gasteiger partial charge is 0.347 e. The van der Waals surface area contributed by atoms with Crippen LogP contribution in [0.5, 0.6) is 0 Å². The van der Waals surface area contributed by atoms with Crippen molar-refractivity contribution in [2.75, 3.05) is 4.31 Å². The Hall–Kier alpha value is -3.62. The van der Waals surface area contributed by atoms with Gasteiger partial charge < -0.3 is 5.32 Å². The van der Waals surface area contributed by atoms with Crippen LogP contribution in [0.15, 0.2) is 85.1 Å². The number of amides is 1. The van der Waals surface area contributed by atoms with Gasteiger partial charge >= 0.3 is 0 Å². The normalized spacial score (nSPS) is 12.4. The molecule has 6 nitrogen and oxygen atoms in total. The Kier molecular flexibility index (Phi) is 6.72. The van der Waals surface area contributed by atoms with Gasteiger partial charge in [-0.05, 0) is 62.2 Å². The highest BCUT2D eigenvalue weighted by atomic mass is 32.2. The van der Waals surface area contributed by atoms with E-state index in [0.29, 0.717) is 17.6 Å². The van der Waals surface area contributed by atoms with E-state index in [0.717, 1.165) is 10.9 Å². The molecule has 4 rings (SSSR count). The molecule has 0 aliphatic rings. The summed E-state index contributed by atoms with van der Waals surface area (Å²) in [7, 11) is 0. The predicted molar refractivity (Wildman–Crippen MR) is 133 cm³/mol. The third-order valence-corrected chi connectivity index (χ3v) is 6.07. The highest BCUT2D eigenvalue weighted by Crippen LogP contribution is 2.34. The zero-order valence-corrected chi connectivity index (χ0v) is 19.6. The standard InChI is InChI=1S/C26H24FN3O3S/c1-26(2,17-18-12-14-20(27)15-13-18)29-25(31)21-9-3-4-10-22(21)30(34(32)33)23-11-5-7-19-8-6-16-28-24(19)23/h3-16H,17H2,1-2H3,(H,29,31)(H,32,33). The van der Waals surface area contributed by atoms with E-state index in [2.05, 4.69) is 10.3 Å². The number of benzene rings is 3. The molecule has 1 unspecified atom stereocenters. The first kappa shape index (κ1) is 23.5. The number of hydrogen-bond acceptors (Lipinski definition) is 3. The lowest BCUT2D eigenvalue weighted by molar-refractivity contribution is 0.0914. The fourth-order valence-electron chi connectivity index (χ4n) is 3.92. The molecule has 0 spiro atoms. The van der Waals surface area contributed by atoms with E-state index in [1.54, 1.807) is 60.8 Å². The van der Waals surface area contributed by atoms with Gasteiger partial charge in [-0.3, -0.25) is 14.3 Å². The summed E-state index contributed by atoms with van der Waals surface area (Å²) >= 11 is -2.47. The number of carbonyl (C=O) groups is 1. The number of pyridine rings is 1. The number of aromatic nitrogens is 1. The van der Waals surface area contributed by atoms with E-state index < -0.39 is 22.7 Å². The average Bonchev–Trinajstić information content (AvgIpc) is 2.80. The molecule has 8 heteroatoms. The molecule has 0 bridgehead atoms. The first-order valence-electron chi connectivity index (χ1n) is 10.7. The van der Waals surface area contributed by atoms with Crippen LogP contribution < -0.4 is 9.62 Å². The Morgan fingerprint density at radius 2 is 1.68 bits per heavy atom. The van der Waals surface area contributed by atoms with Crippen LogP contribution in [-0.4, -0.2) is 25.2 Å². The van der Waals surface area contributed by atoms with Gasteiger partial charge in [0.15, 0.2) is 0 Å². The van der Waals surface area contributed by atoms with Gasteiger partial charge in [-0.1, -0.05) is 42.5 Å². The molecule has 0 saturated carbocycles. The average molecular weight is 478 g/mol. The first-order valence-corrected chi connectivity index (χ1v) is 11.7. The zero-order valence-electron chi connectivity index (χ0n) is 18.7. The molecule has 1 atom stereocenters. The van der Waals surface area contributed by atoms with Crippen molar-refractivity contribution in [1.82, 2.24) is 10.3 Å². The number of nitrogens with zero attached hydrogens (tertiary/aromatic N) is 2. The molecular weight excluding hydrogens is 453 g/mol. The van der Waals surface area contributed by atoms with Crippen LogP contribution in [0.4, 0.5) is 15.8 Å². The maximum atomic E-state index is 13.4. The van der Waals surface area contributed by atoms with E-state index >= 15 is 0 Å². The summed E-state index contributed by atoms with van der Waals surface area (Å²) in [6.07, 6.45) is 2.09. The lowest BCUT2D eigenvalue weighted by atomic mass is 9.94. The monoisotopic (exact) mass is 477 g/mol. The summed E-state index contributed by atoms with van der Waals surface area (Å²) in [6.45, 7) is 3.74. The van der Waals surface area contributed by atoms with Crippen LogP contribution in [0.2, 0.25) is 0 Å². The van der Waals surface area contributed by atoms with Crippen LogP contribution in [0.25, 0.3) is 10.9 Å². The Balaban J connectivity index is 1.69. The van der Waals surface area contributed by atoms with Gasteiger partial charge in [-0.15, -0.1) is 0 Å². The van der Waals surface area contributed by atoms with E-state index in [-0.39, 0.29) is 17.1 Å². The summed E-state index contributed by atoms with van der Waals surface area (Å²) in [5.41, 5.74) is 1.68. The van der Waals surface area contributed by atoms with Crippen LogP contribution in [0.1, 0.15) is 29.8 Å². The first-order chi connectivity index (χ1) is 16.2. The summed E-state index contributed by atoms with van der Waals surface area (Å²) in [4.78, 5) is 17.7. The predicted octanol–water partition coefficient (Wildman–Crippen LogP) is 5.40. The van der Waals surface area contributed by atoms with Gasteiger partial charge in [0.2, 0.25) is 0 Å². The number of anilines is 2. The Bertz CT molecular complexity index is 1350. The molecule has 0 aliphatic carbocycles. The molecule has 0 saturated heterocycles. The van der Waals surface area contributed by atoms with Crippen molar-refractivity contribution in [2.24, 2.45) is 0 Å². The molecule has 1 aromatic heterocycles.